The molecule has 1 aromatic carbocycles. The van der Waals surface area contributed by atoms with Crippen LogP contribution < -0.4 is 4.74 Å². The van der Waals surface area contributed by atoms with E-state index in [0.29, 0.717) is 18.4 Å². The maximum atomic E-state index is 10.1. The van der Waals surface area contributed by atoms with Crippen molar-refractivity contribution in [3.63, 3.8) is 0 Å². The van der Waals surface area contributed by atoms with E-state index in [2.05, 4.69) is 25.7 Å². The number of likely N-dealkylation sites (N-methyl/N-ethyl adjacent to an activating group) is 1. The van der Waals surface area contributed by atoms with Crippen LogP contribution in [0.3, 0.4) is 0 Å². The largest absolute Gasteiger partial charge is 0.507 e. The fourth-order valence-electron chi connectivity index (χ4n) is 2.49. The van der Waals surface area contributed by atoms with E-state index >= 15 is 0 Å². The summed E-state index contributed by atoms with van der Waals surface area (Å²) in [5.41, 5.74) is 0.908. The molecule has 0 saturated heterocycles. The van der Waals surface area contributed by atoms with E-state index in [9.17, 15) is 5.11 Å². The lowest BCUT2D eigenvalue weighted by Gasteiger charge is -2.33. The second kappa shape index (κ2) is 7.36. The van der Waals surface area contributed by atoms with Gasteiger partial charge in [0.25, 0.3) is 0 Å². The Labute approximate surface area is 115 Å². The second-order valence-corrected chi connectivity index (χ2v) is 4.74. The molecule has 19 heavy (non-hydrogen) atoms. The Morgan fingerprint density at radius 2 is 1.95 bits per heavy atom. The highest BCUT2D eigenvalue weighted by atomic mass is 16.5. The summed E-state index contributed by atoms with van der Waals surface area (Å²) in [4.78, 5) is 2.30. The van der Waals surface area contributed by atoms with Crippen molar-refractivity contribution in [2.45, 2.75) is 32.9 Å². The van der Waals surface area contributed by atoms with Crippen LogP contribution in [0.4, 0.5) is 0 Å². The SMILES string of the molecule is CCN(C(C)COC)C(C)c1ccc(OC)cc1O. The van der Waals surface area contributed by atoms with Crippen LogP contribution in [-0.2, 0) is 4.74 Å². The molecule has 2 unspecified atom stereocenters. The van der Waals surface area contributed by atoms with Crippen LogP contribution >= 0.6 is 0 Å². The lowest BCUT2D eigenvalue weighted by atomic mass is 10.0. The van der Waals surface area contributed by atoms with Crippen LogP contribution in [0.25, 0.3) is 0 Å². The third kappa shape index (κ3) is 3.85. The summed E-state index contributed by atoms with van der Waals surface area (Å²) in [5.74, 6) is 0.941. The zero-order chi connectivity index (χ0) is 14.4. The highest BCUT2D eigenvalue weighted by Crippen LogP contribution is 2.32. The van der Waals surface area contributed by atoms with Crippen molar-refractivity contribution in [1.82, 2.24) is 4.90 Å². The minimum Gasteiger partial charge on any atom is -0.507 e. The van der Waals surface area contributed by atoms with Gasteiger partial charge in [0.15, 0.2) is 0 Å². The van der Waals surface area contributed by atoms with E-state index in [1.54, 1.807) is 20.3 Å². The highest BCUT2D eigenvalue weighted by Gasteiger charge is 2.22. The number of hydrogen-bond acceptors (Lipinski definition) is 4. The molecule has 0 saturated carbocycles. The van der Waals surface area contributed by atoms with Crippen molar-refractivity contribution in [2.75, 3.05) is 27.4 Å². The first-order valence-electron chi connectivity index (χ1n) is 6.66. The summed E-state index contributed by atoms with van der Waals surface area (Å²) in [7, 11) is 3.30. The van der Waals surface area contributed by atoms with Crippen LogP contribution in [-0.4, -0.2) is 43.4 Å². The first-order valence-corrected chi connectivity index (χ1v) is 6.66. The molecule has 0 bridgehead atoms. The monoisotopic (exact) mass is 267 g/mol. The van der Waals surface area contributed by atoms with Gasteiger partial charge in [0.2, 0.25) is 0 Å². The molecule has 1 N–H and O–H groups in total. The van der Waals surface area contributed by atoms with Gasteiger partial charge in [-0.1, -0.05) is 13.0 Å². The zero-order valence-corrected chi connectivity index (χ0v) is 12.5. The van der Waals surface area contributed by atoms with Crippen molar-refractivity contribution >= 4 is 0 Å². The van der Waals surface area contributed by atoms with Gasteiger partial charge in [-0.3, -0.25) is 4.90 Å². The summed E-state index contributed by atoms with van der Waals surface area (Å²) in [6.45, 7) is 7.91. The van der Waals surface area contributed by atoms with Crippen LogP contribution in [0, 0.1) is 0 Å². The lowest BCUT2D eigenvalue weighted by molar-refractivity contribution is 0.0775. The fraction of sp³-hybridized carbons (Fsp3) is 0.600. The van der Waals surface area contributed by atoms with Crippen molar-refractivity contribution in [3.05, 3.63) is 23.8 Å². The zero-order valence-electron chi connectivity index (χ0n) is 12.5. The minimum absolute atomic E-state index is 0.126. The predicted molar refractivity (Wildman–Crippen MR) is 76.8 cm³/mol. The molecular weight excluding hydrogens is 242 g/mol. The van der Waals surface area contributed by atoms with Crippen molar-refractivity contribution in [1.29, 1.82) is 0 Å². The maximum absolute atomic E-state index is 10.1. The first-order chi connectivity index (χ1) is 9.04. The van der Waals surface area contributed by atoms with Gasteiger partial charge in [0.1, 0.15) is 11.5 Å². The van der Waals surface area contributed by atoms with Gasteiger partial charge in [-0.2, -0.15) is 0 Å². The normalized spacial score (nSPS) is 14.4. The van der Waals surface area contributed by atoms with Gasteiger partial charge in [0.05, 0.1) is 13.7 Å². The maximum Gasteiger partial charge on any atom is 0.124 e. The van der Waals surface area contributed by atoms with E-state index < -0.39 is 0 Å². The minimum atomic E-state index is 0.126. The fourth-order valence-corrected chi connectivity index (χ4v) is 2.49. The number of ether oxygens (including phenoxy) is 2. The predicted octanol–water partition coefficient (Wildman–Crippen LogP) is 2.82. The average Bonchev–Trinajstić information content (AvgIpc) is 2.39. The molecule has 0 aliphatic heterocycles. The Bertz CT molecular complexity index is 395. The Hall–Kier alpha value is -1.26. The molecule has 1 rings (SSSR count). The van der Waals surface area contributed by atoms with Gasteiger partial charge in [0, 0.05) is 30.8 Å². The van der Waals surface area contributed by atoms with Gasteiger partial charge in [-0.25, -0.2) is 0 Å². The van der Waals surface area contributed by atoms with E-state index in [0.717, 1.165) is 12.1 Å². The number of aromatic hydroxyl groups is 1. The number of methoxy groups -OCH3 is 2. The molecule has 0 spiro atoms. The van der Waals surface area contributed by atoms with Crippen LogP contribution in [0.5, 0.6) is 11.5 Å². The summed E-state index contributed by atoms with van der Waals surface area (Å²) in [5, 5.41) is 10.1. The number of hydrogen-bond donors (Lipinski definition) is 1. The molecule has 4 nitrogen and oxygen atoms in total. The standard InChI is InChI=1S/C15H25NO3/c1-6-16(11(2)10-18-4)12(3)14-8-7-13(19-5)9-15(14)17/h7-9,11-12,17H,6,10H2,1-5H3. The summed E-state index contributed by atoms with van der Waals surface area (Å²) < 4.78 is 10.3. The van der Waals surface area contributed by atoms with Gasteiger partial charge in [-0.15, -0.1) is 0 Å². The van der Waals surface area contributed by atoms with Gasteiger partial charge in [-0.05, 0) is 26.5 Å². The average molecular weight is 267 g/mol. The molecule has 0 aliphatic carbocycles. The van der Waals surface area contributed by atoms with E-state index in [-0.39, 0.29) is 11.8 Å². The number of nitrogens with zero attached hydrogens (tertiary/aromatic N) is 1. The first kappa shape index (κ1) is 15.8. The van der Waals surface area contributed by atoms with Crippen molar-refractivity contribution < 1.29 is 14.6 Å². The Morgan fingerprint density at radius 3 is 2.42 bits per heavy atom. The second-order valence-electron chi connectivity index (χ2n) is 4.74. The molecular formula is C15H25NO3. The van der Waals surface area contributed by atoms with Crippen LogP contribution in [0.2, 0.25) is 0 Å². The third-order valence-corrected chi connectivity index (χ3v) is 3.52. The number of rotatable bonds is 7. The molecule has 0 heterocycles. The molecule has 4 heteroatoms. The number of phenols is 1. The Kier molecular flexibility index (Phi) is 6.12. The molecule has 0 aromatic heterocycles. The van der Waals surface area contributed by atoms with E-state index in [1.807, 2.05) is 12.1 Å². The van der Waals surface area contributed by atoms with Gasteiger partial charge >= 0.3 is 0 Å². The highest BCUT2D eigenvalue weighted by molar-refractivity contribution is 5.41. The Morgan fingerprint density at radius 1 is 1.26 bits per heavy atom. The topological polar surface area (TPSA) is 41.9 Å². The molecule has 0 radical (unpaired) electrons. The number of phenolic OH excluding ortho intramolecular Hbond substituents is 1. The number of benzene rings is 1. The quantitative estimate of drug-likeness (QED) is 0.825. The molecule has 2 atom stereocenters. The van der Waals surface area contributed by atoms with E-state index in [4.69, 9.17) is 9.47 Å². The third-order valence-electron chi connectivity index (χ3n) is 3.52. The molecule has 108 valence electrons. The molecule has 1 aromatic rings. The van der Waals surface area contributed by atoms with Crippen molar-refractivity contribution in [3.8, 4) is 11.5 Å². The smallest absolute Gasteiger partial charge is 0.124 e. The van der Waals surface area contributed by atoms with Crippen LogP contribution in [0.1, 0.15) is 32.4 Å². The van der Waals surface area contributed by atoms with Gasteiger partial charge < -0.3 is 14.6 Å². The molecule has 0 fully saturated rings. The lowest BCUT2D eigenvalue weighted by Crippen LogP contribution is -2.38. The summed E-state index contributed by atoms with van der Waals surface area (Å²) in [6.07, 6.45) is 0. The van der Waals surface area contributed by atoms with E-state index in [1.165, 1.54) is 0 Å². The summed E-state index contributed by atoms with van der Waals surface area (Å²) in [6, 6.07) is 5.87. The Balaban J connectivity index is 2.93. The van der Waals surface area contributed by atoms with Crippen molar-refractivity contribution in [2.24, 2.45) is 0 Å². The summed E-state index contributed by atoms with van der Waals surface area (Å²) >= 11 is 0. The molecule has 0 amide bonds. The van der Waals surface area contributed by atoms with Crippen LogP contribution in [0.15, 0.2) is 18.2 Å². The molecule has 0 aliphatic rings.